The Balaban J connectivity index is 2.31. The third-order valence-electron chi connectivity index (χ3n) is 2.27. The molecule has 16 heavy (non-hydrogen) atoms. The molecule has 0 aromatic carbocycles. The second-order valence-electron chi connectivity index (χ2n) is 3.25. The first-order valence-corrected chi connectivity index (χ1v) is 4.63. The van der Waals surface area contributed by atoms with Gasteiger partial charge in [-0.2, -0.15) is 10.4 Å². The summed E-state index contributed by atoms with van der Waals surface area (Å²) in [6.45, 7) is 0. The highest BCUT2D eigenvalue weighted by Gasteiger charge is 2.08. The summed E-state index contributed by atoms with van der Waals surface area (Å²) < 4.78 is 1.76. The molecule has 0 radical (unpaired) electrons. The number of pyridine rings is 1. The molecular formula is C10H6N6. The van der Waals surface area contributed by atoms with Gasteiger partial charge in [-0.1, -0.05) is 0 Å². The molecule has 0 bridgehead atoms. The largest absolute Gasteiger partial charge is 0.280 e. The van der Waals surface area contributed by atoms with E-state index >= 15 is 0 Å². The van der Waals surface area contributed by atoms with E-state index in [0.29, 0.717) is 17.0 Å². The van der Waals surface area contributed by atoms with Crippen molar-refractivity contribution >= 4 is 5.65 Å². The van der Waals surface area contributed by atoms with E-state index in [1.807, 2.05) is 0 Å². The summed E-state index contributed by atoms with van der Waals surface area (Å²) in [6.07, 6.45) is 3.34. The number of nitrogens with one attached hydrogen (secondary N) is 1. The number of hydrogen-bond acceptors (Lipinski definition) is 4. The number of aromatic amines is 1. The summed E-state index contributed by atoms with van der Waals surface area (Å²) in [4.78, 5) is 0. The van der Waals surface area contributed by atoms with Crippen LogP contribution in [0.3, 0.4) is 0 Å². The summed E-state index contributed by atoms with van der Waals surface area (Å²) in [7, 11) is 0. The van der Waals surface area contributed by atoms with Crippen molar-refractivity contribution in [2.45, 2.75) is 0 Å². The summed E-state index contributed by atoms with van der Waals surface area (Å²) in [5, 5.41) is 23.6. The Morgan fingerprint density at radius 2 is 2.19 bits per heavy atom. The topological polar surface area (TPSA) is 82.7 Å². The molecule has 0 spiro atoms. The standard InChI is InChI=1S/C10H6N6/c11-5-7-1-2-9-14-15-10(16(9)6-7)8-3-4-12-13-8/h1-4,6H,(H,12,13). The van der Waals surface area contributed by atoms with Crippen LogP contribution in [-0.4, -0.2) is 24.8 Å². The highest BCUT2D eigenvalue weighted by Crippen LogP contribution is 2.15. The molecule has 3 heterocycles. The zero-order valence-electron chi connectivity index (χ0n) is 8.12. The van der Waals surface area contributed by atoms with E-state index in [1.165, 1.54) is 0 Å². The Labute approximate surface area is 90.2 Å². The van der Waals surface area contributed by atoms with Crippen LogP contribution in [0, 0.1) is 11.3 Å². The lowest BCUT2D eigenvalue weighted by molar-refractivity contribution is 1.04. The Hall–Kier alpha value is -2.68. The molecule has 6 heteroatoms. The number of fused-ring (bicyclic) bond motifs is 1. The Bertz CT molecular complexity index is 673. The van der Waals surface area contributed by atoms with Crippen molar-refractivity contribution in [3.05, 3.63) is 36.2 Å². The van der Waals surface area contributed by atoms with Crippen LogP contribution in [0.4, 0.5) is 0 Å². The van der Waals surface area contributed by atoms with Gasteiger partial charge in [-0.05, 0) is 18.2 Å². The number of hydrogen-bond donors (Lipinski definition) is 1. The highest BCUT2D eigenvalue weighted by molar-refractivity contribution is 5.55. The van der Waals surface area contributed by atoms with E-state index in [2.05, 4.69) is 26.5 Å². The number of H-pyrrole nitrogens is 1. The van der Waals surface area contributed by atoms with Gasteiger partial charge in [0, 0.05) is 12.4 Å². The van der Waals surface area contributed by atoms with Crippen molar-refractivity contribution < 1.29 is 0 Å². The molecule has 1 N–H and O–H groups in total. The van der Waals surface area contributed by atoms with Gasteiger partial charge in [0.05, 0.1) is 5.56 Å². The van der Waals surface area contributed by atoms with Crippen LogP contribution in [0.5, 0.6) is 0 Å². The van der Waals surface area contributed by atoms with Crippen molar-refractivity contribution in [1.29, 1.82) is 5.26 Å². The maximum atomic E-state index is 8.83. The number of aromatic nitrogens is 5. The lowest BCUT2D eigenvalue weighted by Crippen LogP contribution is -1.90. The molecule has 3 aromatic heterocycles. The second kappa shape index (κ2) is 3.17. The normalized spacial score (nSPS) is 10.4. The van der Waals surface area contributed by atoms with E-state index in [4.69, 9.17) is 5.26 Å². The molecule has 0 aliphatic rings. The fourth-order valence-corrected chi connectivity index (χ4v) is 1.52. The van der Waals surface area contributed by atoms with Crippen LogP contribution in [0.15, 0.2) is 30.6 Å². The molecule has 0 saturated carbocycles. The Morgan fingerprint density at radius 3 is 2.94 bits per heavy atom. The van der Waals surface area contributed by atoms with E-state index in [1.54, 1.807) is 35.0 Å². The average molecular weight is 210 g/mol. The molecule has 0 fully saturated rings. The molecule has 0 aliphatic carbocycles. The van der Waals surface area contributed by atoms with Crippen molar-refractivity contribution in [2.24, 2.45) is 0 Å². The first-order valence-electron chi connectivity index (χ1n) is 4.63. The second-order valence-corrected chi connectivity index (χ2v) is 3.25. The van der Waals surface area contributed by atoms with Gasteiger partial charge in [-0.15, -0.1) is 10.2 Å². The van der Waals surface area contributed by atoms with E-state index in [0.717, 1.165) is 5.69 Å². The van der Waals surface area contributed by atoms with Crippen molar-refractivity contribution in [3.63, 3.8) is 0 Å². The van der Waals surface area contributed by atoms with Gasteiger partial charge < -0.3 is 0 Å². The van der Waals surface area contributed by atoms with Crippen molar-refractivity contribution in [2.75, 3.05) is 0 Å². The molecule has 0 aliphatic heterocycles. The lowest BCUT2D eigenvalue weighted by atomic mass is 10.3. The number of rotatable bonds is 1. The fraction of sp³-hybridized carbons (Fsp3) is 0. The van der Waals surface area contributed by atoms with Crippen LogP contribution >= 0.6 is 0 Å². The lowest BCUT2D eigenvalue weighted by Gasteiger charge is -1.96. The summed E-state index contributed by atoms with van der Waals surface area (Å²) in [5.41, 5.74) is 2.03. The van der Waals surface area contributed by atoms with Crippen molar-refractivity contribution in [1.82, 2.24) is 24.8 Å². The predicted molar refractivity (Wildman–Crippen MR) is 55.3 cm³/mol. The Kier molecular flexibility index (Phi) is 1.71. The summed E-state index contributed by atoms with van der Waals surface area (Å²) in [5.74, 6) is 0.643. The van der Waals surface area contributed by atoms with Gasteiger partial charge in [0.1, 0.15) is 11.8 Å². The molecule has 0 unspecified atom stereocenters. The molecule has 0 saturated heterocycles. The zero-order valence-corrected chi connectivity index (χ0v) is 8.12. The average Bonchev–Trinajstić information content (AvgIpc) is 2.96. The molecular weight excluding hydrogens is 204 g/mol. The minimum atomic E-state index is 0.563. The first kappa shape index (κ1) is 8.61. The highest BCUT2D eigenvalue weighted by atomic mass is 15.3. The van der Waals surface area contributed by atoms with Gasteiger partial charge >= 0.3 is 0 Å². The molecule has 76 valence electrons. The van der Waals surface area contributed by atoms with Crippen LogP contribution in [0.25, 0.3) is 17.2 Å². The predicted octanol–water partition coefficient (Wildman–Crippen LogP) is 0.991. The van der Waals surface area contributed by atoms with Crippen molar-refractivity contribution in [3.8, 4) is 17.6 Å². The summed E-state index contributed by atoms with van der Waals surface area (Å²) >= 11 is 0. The third kappa shape index (κ3) is 1.15. The van der Waals surface area contributed by atoms with Gasteiger partial charge in [-0.3, -0.25) is 9.50 Å². The van der Waals surface area contributed by atoms with Crippen LogP contribution in [-0.2, 0) is 0 Å². The number of nitriles is 1. The SMILES string of the molecule is N#Cc1ccc2nnc(-c3ccn[nH]3)n2c1. The van der Waals surface area contributed by atoms with E-state index in [9.17, 15) is 0 Å². The van der Waals surface area contributed by atoms with Gasteiger partial charge in [0.2, 0.25) is 0 Å². The third-order valence-corrected chi connectivity index (χ3v) is 2.27. The van der Waals surface area contributed by atoms with E-state index < -0.39 is 0 Å². The number of nitrogens with zero attached hydrogens (tertiary/aromatic N) is 5. The smallest absolute Gasteiger partial charge is 0.186 e. The fourth-order valence-electron chi connectivity index (χ4n) is 1.52. The van der Waals surface area contributed by atoms with Gasteiger partial charge in [0.25, 0.3) is 0 Å². The Morgan fingerprint density at radius 1 is 1.25 bits per heavy atom. The van der Waals surface area contributed by atoms with Crippen LogP contribution in [0.2, 0.25) is 0 Å². The van der Waals surface area contributed by atoms with Crippen LogP contribution < -0.4 is 0 Å². The summed E-state index contributed by atoms with van der Waals surface area (Å²) in [6, 6.07) is 7.34. The maximum absolute atomic E-state index is 8.83. The first-order chi connectivity index (χ1) is 7.88. The van der Waals surface area contributed by atoms with E-state index in [-0.39, 0.29) is 0 Å². The minimum absolute atomic E-state index is 0.563. The zero-order chi connectivity index (χ0) is 11.0. The minimum Gasteiger partial charge on any atom is -0.280 e. The quantitative estimate of drug-likeness (QED) is 0.649. The molecule has 0 amide bonds. The monoisotopic (exact) mass is 210 g/mol. The van der Waals surface area contributed by atoms with Gasteiger partial charge in [-0.25, -0.2) is 0 Å². The van der Waals surface area contributed by atoms with Crippen LogP contribution in [0.1, 0.15) is 5.56 Å². The molecule has 3 aromatic rings. The molecule has 3 rings (SSSR count). The molecule has 0 atom stereocenters. The van der Waals surface area contributed by atoms with Gasteiger partial charge in [0.15, 0.2) is 11.5 Å². The maximum Gasteiger partial charge on any atom is 0.186 e. The molecule has 6 nitrogen and oxygen atoms in total.